The van der Waals surface area contributed by atoms with Crippen molar-refractivity contribution in [2.75, 3.05) is 16.4 Å². The molecule has 0 atom stereocenters. The van der Waals surface area contributed by atoms with E-state index in [9.17, 15) is 19.7 Å². The van der Waals surface area contributed by atoms with E-state index in [0.717, 1.165) is 0 Å². The fraction of sp³-hybridized carbons (Fsp3) is 0. The molecular formula is C26H18N4O6. The second kappa shape index (κ2) is 9.11. The molecule has 0 fully saturated rings. The summed E-state index contributed by atoms with van der Waals surface area (Å²) in [6, 6.07) is 23.4. The number of fused-ring (bicyclic) bond motifs is 4. The number of hydrogen-bond donors (Lipinski definition) is 3. The zero-order valence-corrected chi connectivity index (χ0v) is 18.6. The van der Waals surface area contributed by atoms with E-state index in [1.807, 2.05) is 12.1 Å². The highest BCUT2D eigenvalue weighted by Gasteiger charge is 2.27. The van der Waals surface area contributed by atoms with Crippen LogP contribution in [0, 0.1) is 10.1 Å². The minimum Gasteiger partial charge on any atom is -0.452 e. The summed E-state index contributed by atoms with van der Waals surface area (Å²) in [5.74, 6) is 0.715. The fourth-order valence-electron chi connectivity index (χ4n) is 3.72. The van der Waals surface area contributed by atoms with Crippen molar-refractivity contribution in [2.24, 2.45) is 0 Å². The van der Waals surface area contributed by atoms with Crippen molar-refractivity contribution in [1.82, 2.24) is 0 Å². The molecular weight excluding hydrogens is 464 g/mol. The summed E-state index contributed by atoms with van der Waals surface area (Å²) in [6.45, 7) is 0. The third-order valence-electron chi connectivity index (χ3n) is 5.42. The van der Waals surface area contributed by atoms with E-state index in [1.165, 1.54) is 18.2 Å². The van der Waals surface area contributed by atoms with Crippen molar-refractivity contribution < 1.29 is 24.0 Å². The van der Waals surface area contributed by atoms with Crippen LogP contribution in [0.25, 0.3) is 0 Å². The summed E-state index contributed by atoms with van der Waals surface area (Å²) < 4.78 is 11.2. The van der Waals surface area contributed by atoms with E-state index in [2.05, 4.69) is 10.6 Å². The van der Waals surface area contributed by atoms with Crippen molar-refractivity contribution in [3.63, 3.8) is 0 Å². The number of benzene rings is 4. The number of nitrogens with zero attached hydrogens (tertiary/aromatic N) is 1. The second-order valence-electron chi connectivity index (χ2n) is 7.74. The van der Waals surface area contributed by atoms with Gasteiger partial charge in [0.2, 0.25) is 5.75 Å². The second-order valence-corrected chi connectivity index (χ2v) is 7.74. The van der Waals surface area contributed by atoms with Gasteiger partial charge in [-0.3, -0.25) is 19.7 Å². The van der Waals surface area contributed by atoms with E-state index in [0.29, 0.717) is 39.9 Å². The van der Waals surface area contributed by atoms with Crippen molar-refractivity contribution in [2.45, 2.75) is 0 Å². The third kappa shape index (κ3) is 4.14. The molecule has 4 aromatic rings. The molecule has 6 rings (SSSR count). The first-order chi connectivity index (χ1) is 17.4. The molecule has 4 N–H and O–H groups in total. The van der Waals surface area contributed by atoms with Gasteiger partial charge in [0.05, 0.1) is 33.1 Å². The van der Waals surface area contributed by atoms with Gasteiger partial charge in [-0.25, -0.2) is 0 Å². The lowest BCUT2D eigenvalue weighted by Crippen LogP contribution is -2.10. The summed E-state index contributed by atoms with van der Waals surface area (Å²) in [7, 11) is 0. The first-order valence-electron chi connectivity index (χ1n) is 10.7. The number of nitrogen functional groups attached to an aromatic ring is 1. The number of nitrogens with two attached hydrogens (primary N) is 1. The number of carbonyl (C=O) groups is 2. The molecule has 10 heteroatoms. The van der Waals surface area contributed by atoms with Gasteiger partial charge in [0.15, 0.2) is 17.2 Å². The molecule has 178 valence electrons. The SMILES string of the molecule is Nc1cccc2c1Oc1ccccc1NC2=O.O=C1Nc2ccccc2Oc2c1cccc2[N+](=O)[O-]. The normalized spacial score (nSPS) is 12.7. The number of nitro benzene ring substituents is 1. The van der Waals surface area contributed by atoms with Gasteiger partial charge >= 0.3 is 5.69 Å². The van der Waals surface area contributed by atoms with Gasteiger partial charge in [0.1, 0.15) is 0 Å². The van der Waals surface area contributed by atoms with Crippen LogP contribution in [0.4, 0.5) is 22.7 Å². The van der Waals surface area contributed by atoms with Crippen LogP contribution in [-0.2, 0) is 0 Å². The van der Waals surface area contributed by atoms with E-state index in [1.54, 1.807) is 54.6 Å². The molecule has 0 saturated carbocycles. The molecule has 0 spiro atoms. The Hall–Kier alpha value is -5.38. The Kier molecular flexibility index (Phi) is 5.67. The standard InChI is InChI=1S/C13H8N2O4.C13H10N2O2/c16-13-8-4-3-6-10(15(17)18)12(8)19-11-7-2-1-5-9(11)14-13;14-9-5-3-4-8-12(9)17-11-7-2-1-6-10(11)15-13(8)16/h1-7H,(H,14,16);1-7H,14H2,(H,15,16). The Morgan fingerprint density at radius 2 is 1.17 bits per heavy atom. The molecule has 0 radical (unpaired) electrons. The van der Waals surface area contributed by atoms with Crippen LogP contribution < -0.4 is 25.8 Å². The van der Waals surface area contributed by atoms with Crippen LogP contribution in [0.3, 0.4) is 0 Å². The Morgan fingerprint density at radius 3 is 1.75 bits per heavy atom. The maximum atomic E-state index is 12.0. The van der Waals surface area contributed by atoms with Gasteiger partial charge in [-0.05, 0) is 42.5 Å². The van der Waals surface area contributed by atoms with Crippen molar-refractivity contribution in [3.8, 4) is 23.0 Å². The molecule has 2 amide bonds. The summed E-state index contributed by atoms with van der Waals surface area (Å²) >= 11 is 0. The topological polar surface area (TPSA) is 146 Å². The smallest absolute Gasteiger partial charge is 0.312 e. The predicted octanol–water partition coefficient (Wildman–Crippen LogP) is 5.58. The number of rotatable bonds is 1. The number of nitro groups is 1. The number of nitrogens with one attached hydrogen (secondary N) is 2. The van der Waals surface area contributed by atoms with Crippen LogP contribution in [0.1, 0.15) is 20.7 Å². The van der Waals surface area contributed by atoms with Crippen LogP contribution in [0.2, 0.25) is 0 Å². The summed E-state index contributed by atoms with van der Waals surface area (Å²) in [5.41, 5.74) is 7.77. The monoisotopic (exact) mass is 482 g/mol. The highest BCUT2D eigenvalue weighted by Crippen LogP contribution is 2.41. The zero-order chi connectivity index (χ0) is 25.2. The Labute approximate surface area is 204 Å². The number of anilines is 3. The number of amides is 2. The quantitative estimate of drug-likeness (QED) is 0.182. The highest BCUT2D eigenvalue weighted by molar-refractivity contribution is 6.09. The number of carbonyl (C=O) groups excluding carboxylic acids is 2. The highest BCUT2D eigenvalue weighted by atomic mass is 16.6. The van der Waals surface area contributed by atoms with Crippen LogP contribution in [-0.4, -0.2) is 16.7 Å². The average Bonchev–Trinajstić information content (AvgIpc) is 3.11. The van der Waals surface area contributed by atoms with Gasteiger partial charge in [0.25, 0.3) is 11.8 Å². The average molecular weight is 482 g/mol. The largest absolute Gasteiger partial charge is 0.452 e. The van der Waals surface area contributed by atoms with Gasteiger partial charge < -0.3 is 25.8 Å². The third-order valence-corrected chi connectivity index (χ3v) is 5.42. The summed E-state index contributed by atoms with van der Waals surface area (Å²) in [4.78, 5) is 34.4. The lowest BCUT2D eigenvalue weighted by molar-refractivity contribution is -0.385. The van der Waals surface area contributed by atoms with E-state index in [-0.39, 0.29) is 22.9 Å². The molecule has 0 aromatic heterocycles. The number of para-hydroxylation sites is 6. The molecule has 4 aromatic carbocycles. The maximum Gasteiger partial charge on any atom is 0.312 e. The molecule has 2 aliphatic rings. The van der Waals surface area contributed by atoms with Gasteiger partial charge in [-0.15, -0.1) is 0 Å². The van der Waals surface area contributed by atoms with Crippen molar-refractivity contribution in [1.29, 1.82) is 0 Å². The zero-order valence-electron chi connectivity index (χ0n) is 18.6. The minimum absolute atomic E-state index is 0.0325. The van der Waals surface area contributed by atoms with E-state index >= 15 is 0 Å². The van der Waals surface area contributed by atoms with Gasteiger partial charge in [0, 0.05) is 6.07 Å². The first kappa shape index (κ1) is 22.4. The Balaban J connectivity index is 0.000000149. The first-order valence-corrected chi connectivity index (χ1v) is 10.7. The number of hydrogen-bond acceptors (Lipinski definition) is 7. The Bertz CT molecular complexity index is 1530. The molecule has 0 aliphatic carbocycles. The maximum absolute atomic E-state index is 12.0. The van der Waals surface area contributed by atoms with Gasteiger partial charge in [-0.1, -0.05) is 36.4 Å². The summed E-state index contributed by atoms with van der Waals surface area (Å²) in [6.07, 6.45) is 0. The molecule has 10 nitrogen and oxygen atoms in total. The van der Waals surface area contributed by atoms with E-state index < -0.39 is 10.8 Å². The van der Waals surface area contributed by atoms with Crippen LogP contribution in [0.5, 0.6) is 23.0 Å². The minimum atomic E-state index is -0.569. The molecule has 2 heterocycles. The fourth-order valence-corrected chi connectivity index (χ4v) is 3.72. The molecule has 36 heavy (non-hydrogen) atoms. The van der Waals surface area contributed by atoms with Gasteiger partial charge in [-0.2, -0.15) is 0 Å². The lowest BCUT2D eigenvalue weighted by atomic mass is 10.1. The lowest BCUT2D eigenvalue weighted by Gasteiger charge is -2.08. The molecule has 0 bridgehead atoms. The van der Waals surface area contributed by atoms with Crippen molar-refractivity contribution in [3.05, 3.63) is 106 Å². The van der Waals surface area contributed by atoms with Crippen LogP contribution >= 0.6 is 0 Å². The van der Waals surface area contributed by atoms with E-state index in [4.69, 9.17) is 15.2 Å². The Morgan fingerprint density at radius 1 is 0.667 bits per heavy atom. The molecule has 0 saturated heterocycles. The number of ether oxygens (including phenoxy) is 2. The summed E-state index contributed by atoms with van der Waals surface area (Å²) in [5, 5.41) is 16.4. The predicted molar refractivity (Wildman–Crippen MR) is 133 cm³/mol. The van der Waals surface area contributed by atoms with Crippen LogP contribution in [0.15, 0.2) is 84.9 Å². The molecule has 0 unspecified atom stereocenters. The molecule has 2 aliphatic heterocycles. The van der Waals surface area contributed by atoms with Crippen molar-refractivity contribution >= 4 is 34.6 Å².